The van der Waals surface area contributed by atoms with Gasteiger partial charge in [-0.1, -0.05) is 6.07 Å². The van der Waals surface area contributed by atoms with Gasteiger partial charge in [-0.2, -0.15) is 5.10 Å². The van der Waals surface area contributed by atoms with Gasteiger partial charge in [-0.3, -0.25) is 5.10 Å². The zero-order valence-electron chi connectivity index (χ0n) is 17.0. The van der Waals surface area contributed by atoms with Crippen molar-refractivity contribution in [2.75, 3.05) is 33.7 Å². The summed E-state index contributed by atoms with van der Waals surface area (Å²) < 4.78 is 14.0. The van der Waals surface area contributed by atoms with Crippen LogP contribution in [0.4, 0.5) is 4.39 Å². The van der Waals surface area contributed by atoms with Gasteiger partial charge in [-0.15, -0.1) is 0 Å². The number of benzene rings is 1. The number of aromatic nitrogens is 3. The summed E-state index contributed by atoms with van der Waals surface area (Å²) >= 11 is 0. The number of aliphatic imine (C=N–C) groups is 1. The normalized spacial score (nSPS) is 16.0. The average molecular weight is 388 g/mol. The van der Waals surface area contributed by atoms with E-state index in [9.17, 15) is 4.39 Å². The third-order valence-corrected chi connectivity index (χ3v) is 4.96. The maximum Gasteiger partial charge on any atom is 0.194 e. The molecule has 2 N–H and O–H groups in total. The molecule has 0 saturated carbocycles. The van der Waals surface area contributed by atoms with Gasteiger partial charge in [0.15, 0.2) is 5.96 Å². The van der Waals surface area contributed by atoms with Crippen LogP contribution in [0.1, 0.15) is 42.6 Å². The van der Waals surface area contributed by atoms with E-state index in [0.717, 1.165) is 49.8 Å². The van der Waals surface area contributed by atoms with Crippen molar-refractivity contribution in [3.05, 3.63) is 47.3 Å². The lowest BCUT2D eigenvalue weighted by molar-refractivity contribution is 0.299. The van der Waals surface area contributed by atoms with Crippen molar-refractivity contribution in [2.45, 2.75) is 38.8 Å². The molecule has 1 aliphatic rings. The van der Waals surface area contributed by atoms with E-state index < -0.39 is 0 Å². The smallest absolute Gasteiger partial charge is 0.194 e. The van der Waals surface area contributed by atoms with Crippen LogP contribution >= 0.6 is 0 Å². The van der Waals surface area contributed by atoms with Crippen molar-refractivity contribution < 1.29 is 4.39 Å². The quantitative estimate of drug-likeness (QED) is 0.588. The van der Waals surface area contributed by atoms with Gasteiger partial charge >= 0.3 is 0 Å². The maximum absolute atomic E-state index is 14.0. The summed E-state index contributed by atoms with van der Waals surface area (Å²) in [5, 5.41) is 10.3. The van der Waals surface area contributed by atoms with Gasteiger partial charge in [0.2, 0.25) is 0 Å². The summed E-state index contributed by atoms with van der Waals surface area (Å²) in [7, 11) is 3.88. The fraction of sp³-hybridized carbons (Fsp3) is 0.550. The molecule has 8 heteroatoms. The van der Waals surface area contributed by atoms with Gasteiger partial charge in [-0.05, 0) is 51.6 Å². The molecule has 3 rings (SSSR count). The molecule has 28 heavy (non-hydrogen) atoms. The van der Waals surface area contributed by atoms with E-state index in [0.29, 0.717) is 24.6 Å². The molecular weight excluding hydrogens is 357 g/mol. The molecule has 1 fully saturated rings. The molecule has 1 aliphatic heterocycles. The zero-order chi connectivity index (χ0) is 19.9. The largest absolute Gasteiger partial charge is 0.357 e. The Morgan fingerprint density at radius 2 is 2.14 bits per heavy atom. The summed E-state index contributed by atoms with van der Waals surface area (Å²) in [4.78, 5) is 13.4. The monoisotopic (exact) mass is 387 g/mol. The highest BCUT2D eigenvalue weighted by atomic mass is 19.1. The number of H-pyrrole nitrogens is 1. The van der Waals surface area contributed by atoms with Crippen LogP contribution in [-0.2, 0) is 13.1 Å². The second-order valence-corrected chi connectivity index (χ2v) is 7.47. The molecule has 0 unspecified atom stereocenters. The van der Waals surface area contributed by atoms with Gasteiger partial charge in [0.25, 0.3) is 0 Å². The Kier molecular flexibility index (Phi) is 6.97. The van der Waals surface area contributed by atoms with E-state index in [2.05, 4.69) is 32.3 Å². The molecule has 0 amide bonds. The third kappa shape index (κ3) is 5.28. The topological polar surface area (TPSA) is 72.4 Å². The number of hydrogen-bond acceptors (Lipinski definition) is 4. The Hall–Kier alpha value is -2.48. The number of guanidine groups is 1. The minimum absolute atomic E-state index is 0.164. The minimum Gasteiger partial charge on any atom is -0.357 e. The predicted octanol–water partition coefficient (Wildman–Crippen LogP) is 2.35. The molecule has 7 nitrogen and oxygen atoms in total. The Labute approximate surface area is 166 Å². The van der Waals surface area contributed by atoms with Crippen LogP contribution in [0.5, 0.6) is 0 Å². The van der Waals surface area contributed by atoms with Crippen LogP contribution in [0.3, 0.4) is 0 Å². The number of nitrogens with one attached hydrogen (secondary N) is 2. The van der Waals surface area contributed by atoms with Crippen molar-refractivity contribution in [3.63, 3.8) is 0 Å². The average Bonchev–Trinajstić information content (AvgIpc) is 3.22. The number of likely N-dealkylation sites (tertiary alicyclic amines) is 1. The summed E-state index contributed by atoms with van der Waals surface area (Å²) in [5.41, 5.74) is 1.72. The molecule has 152 valence electrons. The maximum atomic E-state index is 14.0. The van der Waals surface area contributed by atoms with E-state index in [4.69, 9.17) is 4.99 Å². The highest BCUT2D eigenvalue weighted by molar-refractivity contribution is 5.80. The predicted molar refractivity (Wildman–Crippen MR) is 109 cm³/mol. The number of nitrogens with zero attached hydrogens (tertiary/aromatic N) is 5. The lowest BCUT2D eigenvalue weighted by atomic mass is 9.96. The van der Waals surface area contributed by atoms with Crippen LogP contribution in [0.25, 0.3) is 0 Å². The number of rotatable bonds is 6. The molecule has 0 atom stereocenters. The van der Waals surface area contributed by atoms with E-state index in [1.54, 1.807) is 12.4 Å². The molecule has 0 radical (unpaired) electrons. The van der Waals surface area contributed by atoms with E-state index in [-0.39, 0.29) is 5.82 Å². The molecule has 0 bridgehead atoms. The Balaban J connectivity index is 1.65. The first kappa shape index (κ1) is 20.3. The standard InChI is InChI=1S/C20H30FN7/c1-4-22-20(28-9-7-16(8-10-28)19-24-14-25-26-19)23-12-15-5-6-18(21)17(11-15)13-27(2)3/h5-6,11,14,16H,4,7-10,12-13H2,1-3H3,(H,22,23)(H,24,25,26). The Morgan fingerprint density at radius 1 is 1.36 bits per heavy atom. The van der Waals surface area contributed by atoms with Crippen molar-refractivity contribution in [1.29, 1.82) is 0 Å². The number of piperidine rings is 1. The van der Waals surface area contributed by atoms with E-state index >= 15 is 0 Å². The summed E-state index contributed by atoms with van der Waals surface area (Å²) in [5.74, 6) is 2.15. The van der Waals surface area contributed by atoms with Crippen LogP contribution in [-0.4, -0.2) is 64.7 Å². The van der Waals surface area contributed by atoms with Gasteiger partial charge in [0.05, 0.1) is 6.54 Å². The summed E-state index contributed by atoms with van der Waals surface area (Å²) in [6, 6.07) is 5.27. The molecule has 0 aliphatic carbocycles. The lowest BCUT2D eigenvalue weighted by Crippen LogP contribution is -2.45. The van der Waals surface area contributed by atoms with Crippen LogP contribution < -0.4 is 5.32 Å². The molecule has 2 aromatic rings. The first-order chi connectivity index (χ1) is 13.6. The highest BCUT2D eigenvalue weighted by Gasteiger charge is 2.24. The Bertz CT molecular complexity index is 765. The first-order valence-electron chi connectivity index (χ1n) is 9.87. The summed E-state index contributed by atoms with van der Waals surface area (Å²) in [6.45, 7) is 5.85. The van der Waals surface area contributed by atoms with Crippen LogP contribution in [0.15, 0.2) is 29.5 Å². The molecule has 0 spiro atoms. The number of halogens is 1. The first-order valence-corrected chi connectivity index (χ1v) is 9.87. The molecule has 1 aromatic carbocycles. The van der Waals surface area contributed by atoms with Crippen molar-refractivity contribution >= 4 is 5.96 Å². The number of aromatic amines is 1. The van der Waals surface area contributed by atoms with Crippen LogP contribution in [0, 0.1) is 5.82 Å². The van der Waals surface area contributed by atoms with E-state index in [1.165, 1.54) is 0 Å². The fourth-order valence-electron chi connectivity index (χ4n) is 3.56. The minimum atomic E-state index is -0.164. The van der Waals surface area contributed by atoms with Gasteiger partial charge in [-0.25, -0.2) is 14.4 Å². The van der Waals surface area contributed by atoms with Crippen molar-refractivity contribution in [1.82, 2.24) is 30.3 Å². The molecule has 1 saturated heterocycles. The fourth-order valence-corrected chi connectivity index (χ4v) is 3.56. The molecular formula is C20H30FN7. The number of hydrogen-bond donors (Lipinski definition) is 2. The third-order valence-electron chi connectivity index (χ3n) is 4.96. The molecule has 2 heterocycles. The van der Waals surface area contributed by atoms with Crippen molar-refractivity contribution in [2.24, 2.45) is 4.99 Å². The van der Waals surface area contributed by atoms with E-state index in [1.807, 2.05) is 31.1 Å². The Morgan fingerprint density at radius 3 is 2.79 bits per heavy atom. The highest BCUT2D eigenvalue weighted by Crippen LogP contribution is 2.25. The van der Waals surface area contributed by atoms with Crippen molar-refractivity contribution in [3.8, 4) is 0 Å². The van der Waals surface area contributed by atoms with Gasteiger partial charge in [0, 0.05) is 37.7 Å². The van der Waals surface area contributed by atoms with Gasteiger partial charge < -0.3 is 15.1 Å². The zero-order valence-corrected chi connectivity index (χ0v) is 17.0. The lowest BCUT2D eigenvalue weighted by Gasteiger charge is -2.33. The van der Waals surface area contributed by atoms with Gasteiger partial charge in [0.1, 0.15) is 18.0 Å². The van der Waals surface area contributed by atoms with Crippen LogP contribution in [0.2, 0.25) is 0 Å². The summed E-state index contributed by atoms with van der Waals surface area (Å²) in [6.07, 6.45) is 3.60. The second kappa shape index (κ2) is 9.64. The molecule has 1 aromatic heterocycles. The second-order valence-electron chi connectivity index (χ2n) is 7.47. The SMILES string of the molecule is CCNC(=NCc1ccc(F)c(CN(C)C)c1)N1CCC(c2ncn[nH]2)CC1.